The maximum absolute atomic E-state index is 12.7. The molecule has 24 heavy (non-hydrogen) atoms. The first-order valence-electron chi connectivity index (χ1n) is 7.51. The molecular weight excluding hydrogens is 336 g/mol. The molecule has 0 bridgehead atoms. The molecule has 0 spiro atoms. The molecule has 9 heteroatoms. The third-order valence-electron chi connectivity index (χ3n) is 3.54. The van der Waals surface area contributed by atoms with Gasteiger partial charge in [-0.3, -0.25) is 14.9 Å². The minimum absolute atomic E-state index is 0.0800. The predicted octanol–water partition coefficient (Wildman–Crippen LogP) is 2.09. The average Bonchev–Trinajstić information content (AvgIpc) is 2.96. The second-order valence-electron chi connectivity index (χ2n) is 6.56. The second kappa shape index (κ2) is 6.48. The maximum atomic E-state index is 12.7. The van der Waals surface area contributed by atoms with E-state index in [1.54, 1.807) is 20.8 Å². The molecule has 1 aliphatic rings. The highest BCUT2D eigenvalue weighted by Gasteiger charge is 2.41. The van der Waals surface area contributed by atoms with Crippen LogP contribution in [0.5, 0.6) is 0 Å². The first kappa shape index (κ1) is 18.3. The van der Waals surface area contributed by atoms with Crippen molar-refractivity contribution in [3.8, 4) is 0 Å². The number of rotatable bonds is 4. The molecule has 0 aliphatic carbocycles. The van der Waals surface area contributed by atoms with Crippen molar-refractivity contribution in [2.45, 2.75) is 50.2 Å². The lowest BCUT2D eigenvalue weighted by Crippen LogP contribution is -2.43. The van der Waals surface area contributed by atoms with E-state index < -0.39 is 32.6 Å². The summed E-state index contributed by atoms with van der Waals surface area (Å²) < 4.78 is 31.9. The van der Waals surface area contributed by atoms with Crippen LogP contribution in [-0.2, 0) is 19.6 Å². The van der Waals surface area contributed by atoms with Crippen LogP contribution < -0.4 is 0 Å². The van der Waals surface area contributed by atoms with Gasteiger partial charge < -0.3 is 4.74 Å². The van der Waals surface area contributed by atoms with Crippen molar-refractivity contribution >= 4 is 21.7 Å². The molecule has 1 heterocycles. The van der Waals surface area contributed by atoms with Crippen molar-refractivity contribution in [3.63, 3.8) is 0 Å². The van der Waals surface area contributed by atoms with Crippen molar-refractivity contribution in [1.82, 2.24) is 4.31 Å². The standard InChI is InChI=1S/C15H20N2O6S/c1-15(2,3)23-14(18)13-5-4-10-16(13)24(21,22)12-8-6-11(7-9-12)17(19)20/h6-9,13H,4-5,10H2,1-3H3/t13-/m0/s1. The number of hydrogen-bond acceptors (Lipinski definition) is 6. The molecule has 0 aromatic heterocycles. The van der Waals surface area contributed by atoms with E-state index in [0.29, 0.717) is 12.8 Å². The van der Waals surface area contributed by atoms with Gasteiger partial charge in [0.25, 0.3) is 5.69 Å². The van der Waals surface area contributed by atoms with Crippen LogP contribution in [-0.4, -0.2) is 41.8 Å². The summed E-state index contributed by atoms with van der Waals surface area (Å²) in [6, 6.07) is 3.75. The zero-order valence-electron chi connectivity index (χ0n) is 13.8. The van der Waals surface area contributed by atoms with Crippen LogP contribution in [0.3, 0.4) is 0 Å². The minimum atomic E-state index is -3.92. The Morgan fingerprint density at radius 1 is 1.29 bits per heavy atom. The van der Waals surface area contributed by atoms with Gasteiger partial charge in [-0.25, -0.2) is 8.42 Å². The minimum Gasteiger partial charge on any atom is -0.459 e. The molecule has 0 amide bonds. The number of nitro benzene ring substituents is 1. The van der Waals surface area contributed by atoms with Crippen molar-refractivity contribution in [2.24, 2.45) is 0 Å². The fourth-order valence-corrected chi connectivity index (χ4v) is 4.16. The fraction of sp³-hybridized carbons (Fsp3) is 0.533. The maximum Gasteiger partial charge on any atom is 0.324 e. The van der Waals surface area contributed by atoms with Crippen LogP contribution >= 0.6 is 0 Å². The lowest BCUT2D eigenvalue weighted by atomic mass is 10.2. The number of carbonyl (C=O) groups is 1. The number of nitrogens with zero attached hydrogens (tertiary/aromatic N) is 2. The van der Waals surface area contributed by atoms with Crippen LogP contribution in [0.2, 0.25) is 0 Å². The Morgan fingerprint density at radius 3 is 2.38 bits per heavy atom. The summed E-state index contributed by atoms with van der Waals surface area (Å²) in [6.07, 6.45) is 0.942. The summed E-state index contributed by atoms with van der Waals surface area (Å²) in [4.78, 5) is 22.3. The Balaban J connectivity index is 2.27. The highest BCUT2D eigenvalue weighted by Crippen LogP contribution is 2.28. The summed E-state index contributed by atoms with van der Waals surface area (Å²) >= 11 is 0. The molecule has 1 aliphatic heterocycles. The van der Waals surface area contributed by atoms with E-state index in [0.717, 1.165) is 16.4 Å². The molecule has 1 atom stereocenters. The molecule has 2 rings (SSSR count). The van der Waals surface area contributed by atoms with Crippen molar-refractivity contribution < 1.29 is 22.9 Å². The molecule has 1 saturated heterocycles. The van der Waals surface area contributed by atoms with Gasteiger partial charge in [0.1, 0.15) is 11.6 Å². The predicted molar refractivity (Wildman–Crippen MR) is 85.9 cm³/mol. The average molecular weight is 356 g/mol. The molecule has 1 aromatic carbocycles. The number of non-ortho nitro benzene ring substituents is 1. The number of benzene rings is 1. The van der Waals surface area contributed by atoms with Crippen molar-refractivity contribution in [2.75, 3.05) is 6.54 Å². The Hall–Kier alpha value is -2.00. The number of esters is 1. The van der Waals surface area contributed by atoms with Crippen LogP contribution in [0.15, 0.2) is 29.2 Å². The molecule has 1 aromatic rings. The molecule has 0 unspecified atom stereocenters. The van der Waals surface area contributed by atoms with Gasteiger partial charge in [-0.05, 0) is 45.7 Å². The highest BCUT2D eigenvalue weighted by atomic mass is 32.2. The van der Waals surface area contributed by atoms with Crippen LogP contribution in [0.4, 0.5) is 5.69 Å². The van der Waals surface area contributed by atoms with E-state index in [9.17, 15) is 23.3 Å². The van der Waals surface area contributed by atoms with Gasteiger partial charge in [-0.1, -0.05) is 0 Å². The number of hydrogen-bond donors (Lipinski definition) is 0. The van der Waals surface area contributed by atoms with Crippen LogP contribution in [0, 0.1) is 10.1 Å². The van der Waals surface area contributed by atoms with Crippen molar-refractivity contribution in [3.05, 3.63) is 34.4 Å². The third kappa shape index (κ3) is 3.90. The van der Waals surface area contributed by atoms with E-state index in [1.165, 1.54) is 12.1 Å². The molecule has 0 radical (unpaired) electrons. The van der Waals surface area contributed by atoms with Gasteiger partial charge in [-0.15, -0.1) is 0 Å². The van der Waals surface area contributed by atoms with E-state index >= 15 is 0 Å². The quantitative estimate of drug-likeness (QED) is 0.464. The molecular formula is C15H20N2O6S. The highest BCUT2D eigenvalue weighted by molar-refractivity contribution is 7.89. The van der Waals surface area contributed by atoms with E-state index in [1.807, 2.05) is 0 Å². The Kier molecular flexibility index (Phi) is 4.95. The summed E-state index contributed by atoms with van der Waals surface area (Å²) in [5.74, 6) is -0.578. The first-order chi connectivity index (χ1) is 11.0. The molecule has 0 N–H and O–H groups in total. The topological polar surface area (TPSA) is 107 Å². The molecule has 1 fully saturated rings. The zero-order valence-corrected chi connectivity index (χ0v) is 14.6. The van der Waals surface area contributed by atoms with Gasteiger partial charge in [0.05, 0.1) is 9.82 Å². The summed E-state index contributed by atoms with van der Waals surface area (Å²) in [6.45, 7) is 5.36. The van der Waals surface area contributed by atoms with Gasteiger partial charge >= 0.3 is 5.97 Å². The van der Waals surface area contributed by atoms with Crippen LogP contribution in [0.1, 0.15) is 33.6 Å². The Morgan fingerprint density at radius 2 is 1.88 bits per heavy atom. The Bertz CT molecular complexity index is 736. The largest absolute Gasteiger partial charge is 0.459 e. The smallest absolute Gasteiger partial charge is 0.324 e. The summed E-state index contributed by atoms with van der Waals surface area (Å²) in [5, 5.41) is 10.7. The molecule has 8 nitrogen and oxygen atoms in total. The number of sulfonamides is 1. The van der Waals surface area contributed by atoms with Gasteiger partial charge in [0, 0.05) is 18.7 Å². The van der Waals surface area contributed by atoms with E-state index in [-0.39, 0.29) is 17.1 Å². The number of nitro groups is 1. The van der Waals surface area contributed by atoms with E-state index in [2.05, 4.69) is 0 Å². The lowest BCUT2D eigenvalue weighted by Gasteiger charge is -2.26. The fourth-order valence-electron chi connectivity index (χ4n) is 2.51. The Labute approximate surface area is 140 Å². The number of ether oxygens (including phenoxy) is 1. The van der Waals surface area contributed by atoms with Gasteiger partial charge in [0.15, 0.2) is 0 Å². The van der Waals surface area contributed by atoms with Crippen LogP contribution in [0.25, 0.3) is 0 Å². The van der Waals surface area contributed by atoms with E-state index in [4.69, 9.17) is 4.74 Å². The summed E-state index contributed by atoms with van der Waals surface area (Å²) in [5.41, 5.74) is -0.901. The molecule has 132 valence electrons. The monoisotopic (exact) mass is 356 g/mol. The lowest BCUT2D eigenvalue weighted by molar-refractivity contribution is -0.384. The summed E-state index contributed by atoms with van der Waals surface area (Å²) in [7, 11) is -3.92. The molecule has 0 saturated carbocycles. The third-order valence-corrected chi connectivity index (χ3v) is 5.46. The SMILES string of the molecule is CC(C)(C)OC(=O)[C@@H]1CCCN1S(=O)(=O)c1ccc([N+](=O)[O-])cc1. The first-order valence-corrected chi connectivity index (χ1v) is 8.95. The van der Waals surface area contributed by atoms with Gasteiger partial charge in [0.2, 0.25) is 10.0 Å². The normalized spacial score (nSPS) is 19.2. The van der Waals surface area contributed by atoms with Crippen molar-refractivity contribution in [1.29, 1.82) is 0 Å². The zero-order chi connectivity index (χ0) is 18.1. The van der Waals surface area contributed by atoms with Gasteiger partial charge in [-0.2, -0.15) is 4.31 Å². The number of carbonyl (C=O) groups excluding carboxylic acids is 1. The second-order valence-corrected chi connectivity index (χ2v) is 8.45.